The summed E-state index contributed by atoms with van der Waals surface area (Å²) >= 11 is 0. The van der Waals surface area contributed by atoms with Gasteiger partial charge in [0.25, 0.3) is 5.56 Å². The first-order valence-electron chi connectivity index (χ1n) is 6.19. The second-order valence-corrected chi connectivity index (χ2v) is 4.35. The molecule has 0 aliphatic heterocycles. The first-order valence-corrected chi connectivity index (χ1v) is 6.19. The SMILES string of the molecule is Cc1noc(CNCc2cc(=O)n3ccccc3n2)n1. The van der Waals surface area contributed by atoms with Crippen LogP contribution < -0.4 is 10.9 Å². The Morgan fingerprint density at radius 1 is 1.30 bits per heavy atom. The van der Waals surface area contributed by atoms with Gasteiger partial charge in [0.1, 0.15) is 5.65 Å². The molecule has 0 aliphatic rings. The number of pyridine rings is 1. The highest BCUT2D eigenvalue weighted by Gasteiger charge is 2.04. The third-order valence-corrected chi connectivity index (χ3v) is 2.78. The van der Waals surface area contributed by atoms with Crippen LogP contribution in [0, 0.1) is 6.92 Å². The number of nitrogens with one attached hydrogen (secondary N) is 1. The van der Waals surface area contributed by atoms with Crippen molar-refractivity contribution in [2.75, 3.05) is 0 Å². The van der Waals surface area contributed by atoms with Crippen LogP contribution in [0.4, 0.5) is 0 Å². The Hall–Kier alpha value is -2.54. The van der Waals surface area contributed by atoms with Crippen LogP contribution >= 0.6 is 0 Å². The molecule has 1 N–H and O–H groups in total. The summed E-state index contributed by atoms with van der Waals surface area (Å²) in [6.45, 7) is 2.66. The van der Waals surface area contributed by atoms with Crippen LogP contribution in [-0.2, 0) is 13.1 Å². The fourth-order valence-corrected chi connectivity index (χ4v) is 1.90. The van der Waals surface area contributed by atoms with E-state index in [0.29, 0.717) is 36.1 Å². The third-order valence-electron chi connectivity index (χ3n) is 2.78. The van der Waals surface area contributed by atoms with Gasteiger partial charge < -0.3 is 9.84 Å². The maximum Gasteiger partial charge on any atom is 0.258 e. The minimum atomic E-state index is -0.0963. The molecule has 0 aromatic carbocycles. The molecule has 20 heavy (non-hydrogen) atoms. The molecule has 3 heterocycles. The van der Waals surface area contributed by atoms with Crippen LogP contribution in [0.1, 0.15) is 17.4 Å². The molecule has 0 atom stereocenters. The topological polar surface area (TPSA) is 85.3 Å². The Morgan fingerprint density at radius 3 is 3.00 bits per heavy atom. The maximum absolute atomic E-state index is 11.9. The lowest BCUT2D eigenvalue weighted by atomic mass is 10.3. The van der Waals surface area contributed by atoms with E-state index >= 15 is 0 Å². The van der Waals surface area contributed by atoms with Gasteiger partial charge in [0.15, 0.2) is 5.82 Å². The zero-order chi connectivity index (χ0) is 13.9. The fourth-order valence-electron chi connectivity index (χ4n) is 1.90. The van der Waals surface area contributed by atoms with Crippen molar-refractivity contribution in [3.8, 4) is 0 Å². The largest absolute Gasteiger partial charge is 0.338 e. The molecular weight excluding hydrogens is 258 g/mol. The van der Waals surface area contributed by atoms with Crippen LogP contribution in [0.15, 0.2) is 39.8 Å². The Labute approximate surface area is 114 Å². The minimum absolute atomic E-state index is 0.0963. The molecule has 0 radical (unpaired) electrons. The molecule has 3 aromatic heterocycles. The van der Waals surface area contributed by atoms with Crippen LogP contribution in [0.3, 0.4) is 0 Å². The summed E-state index contributed by atoms with van der Waals surface area (Å²) in [5.41, 5.74) is 1.21. The fraction of sp³-hybridized carbons (Fsp3) is 0.231. The minimum Gasteiger partial charge on any atom is -0.338 e. The van der Waals surface area contributed by atoms with Crippen LogP contribution in [0.5, 0.6) is 0 Å². The number of aromatic nitrogens is 4. The van der Waals surface area contributed by atoms with E-state index in [4.69, 9.17) is 4.52 Å². The Bertz CT molecular complexity index is 793. The summed E-state index contributed by atoms with van der Waals surface area (Å²) in [5.74, 6) is 1.11. The number of rotatable bonds is 4. The average molecular weight is 271 g/mol. The molecule has 3 aromatic rings. The predicted octanol–water partition coefficient (Wildman–Crippen LogP) is 0.676. The molecule has 0 amide bonds. The number of fused-ring (bicyclic) bond motifs is 1. The molecule has 102 valence electrons. The Kier molecular flexibility index (Phi) is 3.26. The summed E-state index contributed by atoms with van der Waals surface area (Å²) in [6.07, 6.45) is 1.70. The molecule has 0 spiro atoms. The molecular formula is C13H13N5O2. The molecule has 0 fully saturated rings. The van der Waals surface area contributed by atoms with Gasteiger partial charge in [-0.2, -0.15) is 4.98 Å². The normalized spacial score (nSPS) is 11.1. The summed E-state index contributed by atoms with van der Waals surface area (Å²) < 4.78 is 6.49. The van der Waals surface area contributed by atoms with Crippen molar-refractivity contribution in [1.82, 2.24) is 24.8 Å². The summed E-state index contributed by atoms with van der Waals surface area (Å²) in [4.78, 5) is 20.4. The van der Waals surface area contributed by atoms with Gasteiger partial charge in [-0.1, -0.05) is 11.2 Å². The quantitative estimate of drug-likeness (QED) is 0.751. The van der Waals surface area contributed by atoms with Gasteiger partial charge >= 0.3 is 0 Å². The predicted molar refractivity (Wildman–Crippen MR) is 71.0 cm³/mol. The second-order valence-electron chi connectivity index (χ2n) is 4.35. The van der Waals surface area contributed by atoms with Gasteiger partial charge in [0.05, 0.1) is 12.2 Å². The Morgan fingerprint density at radius 2 is 2.20 bits per heavy atom. The lowest BCUT2D eigenvalue weighted by molar-refractivity contribution is 0.364. The van der Waals surface area contributed by atoms with E-state index < -0.39 is 0 Å². The highest BCUT2D eigenvalue weighted by molar-refractivity contribution is 5.37. The number of hydrogen-bond acceptors (Lipinski definition) is 6. The highest BCUT2D eigenvalue weighted by atomic mass is 16.5. The van der Waals surface area contributed by atoms with Crippen molar-refractivity contribution in [2.45, 2.75) is 20.0 Å². The Balaban J connectivity index is 1.73. The molecule has 0 saturated carbocycles. The van der Waals surface area contributed by atoms with Crippen LogP contribution in [0.25, 0.3) is 5.65 Å². The molecule has 0 aliphatic carbocycles. The van der Waals surface area contributed by atoms with Crippen molar-refractivity contribution in [3.05, 3.63) is 58.2 Å². The molecule has 0 bridgehead atoms. The van der Waals surface area contributed by atoms with Crippen LogP contribution in [-0.4, -0.2) is 19.5 Å². The summed E-state index contributed by atoms with van der Waals surface area (Å²) in [6, 6.07) is 6.96. The zero-order valence-electron chi connectivity index (χ0n) is 10.9. The van der Waals surface area contributed by atoms with Crippen molar-refractivity contribution in [1.29, 1.82) is 0 Å². The van der Waals surface area contributed by atoms with E-state index in [9.17, 15) is 4.79 Å². The van der Waals surface area contributed by atoms with Gasteiger partial charge in [-0.25, -0.2) is 4.98 Å². The van der Waals surface area contributed by atoms with Gasteiger partial charge in [-0.05, 0) is 19.1 Å². The summed E-state index contributed by atoms with van der Waals surface area (Å²) in [7, 11) is 0. The lowest BCUT2D eigenvalue weighted by Gasteiger charge is -2.04. The van der Waals surface area contributed by atoms with E-state index in [1.54, 1.807) is 25.3 Å². The van der Waals surface area contributed by atoms with Crippen LogP contribution in [0.2, 0.25) is 0 Å². The lowest BCUT2D eigenvalue weighted by Crippen LogP contribution is -2.19. The molecule has 7 heteroatoms. The molecule has 0 unspecified atom stereocenters. The molecule has 0 saturated heterocycles. The van der Waals surface area contributed by atoms with Crippen molar-refractivity contribution >= 4 is 5.65 Å². The van der Waals surface area contributed by atoms with Gasteiger partial charge in [-0.15, -0.1) is 0 Å². The van der Waals surface area contributed by atoms with E-state index in [-0.39, 0.29) is 5.56 Å². The maximum atomic E-state index is 11.9. The standard InChI is InChI=1S/C13H13N5O2/c1-9-15-12(20-17-9)8-14-7-10-6-13(19)18-5-3-2-4-11(18)16-10/h2-6,14H,7-8H2,1H3. The van der Waals surface area contributed by atoms with Crippen molar-refractivity contribution in [3.63, 3.8) is 0 Å². The smallest absolute Gasteiger partial charge is 0.258 e. The van der Waals surface area contributed by atoms with E-state index in [0.717, 1.165) is 0 Å². The molecule has 3 rings (SSSR count). The van der Waals surface area contributed by atoms with Gasteiger partial charge in [0, 0.05) is 18.8 Å². The summed E-state index contributed by atoms with van der Waals surface area (Å²) in [5, 5.41) is 6.82. The van der Waals surface area contributed by atoms with Crippen molar-refractivity contribution in [2.24, 2.45) is 0 Å². The highest BCUT2D eigenvalue weighted by Crippen LogP contribution is 1.99. The monoisotopic (exact) mass is 271 g/mol. The number of nitrogens with zero attached hydrogens (tertiary/aromatic N) is 4. The first-order chi connectivity index (χ1) is 9.72. The van der Waals surface area contributed by atoms with Gasteiger partial charge in [-0.3, -0.25) is 9.20 Å². The first kappa shape index (κ1) is 12.5. The van der Waals surface area contributed by atoms with Crippen molar-refractivity contribution < 1.29 is 4.52 Å². The zero-order valence-corrected chi connectivity index (χ0v) is 10.9. The molecule has 7 nitrogen and oxygen atoms in total. The van der Waals surface area contributed by atoms with E-state index in [1.807, 2.05) is 6.07 Å². The van der Waals surface area contributed by atoms with E-state index in [2.05, 4.69) is 20.4 Å². The van der Waals surface area contributed by atoms with Gasteiger partial charge in [0.2, 0.25) is 5.89 Å². The number of hydrogen-bond donors (Lipinski definition) is 1. The van der Waals surface area contributed by atoms with E-state index in [1.165, 1.54) is 10.5 Å². The second kappa shape index (κ2) is 5.22. The third kappa shape index (κ3) is 2.57. The number of aryl methyl sites for hydroxylation is 1. The average Bonchev–Trinajstić information content (AvgIpc) is 2.85.